The molecule has 0 radical (unpaired) electrons. The molecule has 0 unspecified atom stereocenters. The van der Waals surface area contributed by atoms with Gasteiger partial charge in [0.15, 0.2) is 0 Å². The zero-order valence-corrected chi connectivity index (χ0v) is 7.58. The van der Waals surface area contributed by atoms with Gasteiger partial charge in [-0.2, -0.15) is 0 Å². The summed E-state index contributed by atoms with van der Waals surface area (Å²) in [5.41, 5.74) is 5.82. The molecule has 0 spiro atoms. The smallest absolute Gasteiger partial charge is 0.0131 e. The average Bonchev–Trinajstić information content (AvgIpc) is 2.57. The molecule has 1 saturated carbocycles. The first kappa shape index (κ1) is 7.34. The molecule has 3 aliphatic rings. The molecule has 68 valence electrons. The van der Waals surface area contributed by atoms with Crippen LogP contribution in [0.3, 0.4) is 0 Å². The Hall–Kier alpha value is -0.0800. The highest BCUT2D eigenvalue weighted by atomic mass is 15.3. The molecule has 0 aromatic carbocycles. The van der Waals surface area contributed by atoms with E-state index >= 15 is 0 Å². The van der Waals surface area contributed by atoms with E-state index in [0.29, 0.717) is 6.04 Å². The maximum Gasteiger partial charge on any atom is 0.0131 e. The monoisotopic (exact) mass is 166 g/mol. The Labute approximate surface area is 74.1 Å². The average molecular weight is 166 g/mol. The van der Waals surface area contributed by atoms with Crippen LogP contribution < -0.4 is 5.73 Å². The highest BCUT2D eigenvalue weighted by Crippen LogP contribution is 2.42. The molecule has 2 heteroatoms. The van der Waals surface area contributed by atoms with Crippen LogP contribution in [0.25, 0.3) is 0 Å². The third-order valence-corrected chi connectivity index (χ3v) is 4.08. The maximum atomic E-state index is 5.82. The van der Waals surface area contributed by atoms with Crippen molar-refractivity contribution in [3.05, 3.63) is 0 Å². The third-order valence-electron chi connectivity index (χ3n) is 4.08. The van der Waals surface area contributed by atoms with E-state index < -0.39 is 0 Å². The van der Waals surface area contributed by atoms with E-state index in [1.807, 2.05) is 0 Å². The summed E-state index contributed by atoms with van der Waals surface area (Å²) in [7, 11) is 0. The highest BCUT2D eigenvalue weighted by molar-refractivity contribution is 5.02. The molecule has 0 atom stereocenters. The van der Waals surface area contributed by atoms with Gasteiger partial charge < -0.3 is 5.73 Å². The summed E-state index contributed by atoms with van der Waals surface area (Å²) in [5.74, 6) is 0. The van der Waals surface area contributed by atoms with Gasteiger partial charge in [0, 0.05) is 24.2 Å². The van der Waals surface area contributed by atoms with Crippen molar-refractivity contribution in [2.75, 3.05) is 0 Å². The topological polar surface area (TPSA) is 29.3 Å². The van der Waals surface area contributed by atoms with Crippen LogP contribution in [-0.2, 0) is 0 Å². The van der Waals surface area contributed by atoms with E-state index in [4.69, 9.17) is 5.73 Å². The first-order valence-electron chi connectivity index (χ1n) is 5.37. The van der Waals surface area contributed by atoms with Crippen LogP contribution in [0, 0.1) is 0 Å². The van der Waals surface area contributed by atoms with Crippen molar-refractivity contribution in [3.63, 3.8) is 0 Å². The van der Waals surface area contributed by atoms with Crippen LogP contribution in [0.5, 0.6) is 0 Å². The number of nitrogens with two attached hydrogens (primary N) is 1. The molecule has 3 rings (SSSR count). The SMILES string of the molecule is NC1CC(N2C3CCC2CC3)C1. The molecule has 1 aliphatic carbocycles. The van der Waals surface area contributed by atoms with Gasteiger partial charge in [0.25, 0.3) is 0 Å². The van der Waals surface area contributed by atoms with Crippen molar-refractivity contribution in [1.29, 1.82) is 0 Å². The van der Waals surface area contributed by atoms with Gasteiger partial charge in [-0.15, -0.1) is 0 Å². The molecule has 2 heterocycles. The first-order chi connectivity index (χ1) is 5.84. The summed E-state index contributed by atoms with van der Waals surface area (Å²) >= 11 is 0. The fraction of sp³-hybridized carbons (Fsp3) is 1.00. The normalized spacial score (nSPS) is 52.8. The summed E-state index contributed by atoms with van der Waals surface area (Å²) in [6, 6.07) is 3.30. The summed E-state index contributed by atoms with van der Waals surface area (Å²) in [6.07, 6.45) is 8.42. The second kappa shape index (κ2) is 2.46. The molecule has 0 aromatic heterocycles. The van der Waals surface area contributed by atoms with Crippen molar-refractivity contribution in [1.82, 2.24) is 4.90 Å². The molecular formula is C10H18N2. The van der Waals surface area contributed by atoms with Crippen molar-refractivity contribution in [2.24, 2.45) is 5.73 Å². The minimum absolute atomic E-state index is 0.523. The lowest BCUT2D eigenvalue weighted by atomic mass is 9.86. The lowest BCUT2D eigenvalue weighted by molar-refractivity contribution is 0.0944. The van der Waals surface area contributed by atoms with Crippen LogP contribution in [0.1, 0.15) is 38.5 Å². The zero-order valence-electron chi connectivity index (χ0n) is 7.58. The second-order valence-electron chi connectivity index (χ2n) is 4.79. The number of hydrogen-bond donors (Lipinski definition) is 1. The van der Waals surface area contributed by atoms with Gasteiger partial charge in [-0.1, -0.05) is 0 Å². The van der Waals surface area contributed by atoms with E-state index in [1.165, 1.54) is 38.5 Å². The fourth-order valence-corrected chi connectivity index (χ4v) is 3.42. The highest BCUT2D eigenvalue weighted by Gasteiger charge is 2.45. The van der Waals surface area contributed by atoms with Crippen LogP contribution in [0.4, 0.5) is 0 Å². The molecular weight excluding hydrogens is 148 g/mol. The zero-order chi connectivity index (χ0) is 8.13. The minimum atomic E-state index is 0.523. The largest absolute Gasteiger partial charge is 0.328 e. The molecule has 2 bridgehead atoms. The number of nitrogens with zero attached hydrogens (tertiary/aromatic N) is 1. The molecule has 12 heavy (non-hydrogen) atoms. The van der Waals surface area contributed by atoms with Crippen LogP contribution in [-0.4, -0.2) is 29.1 Å². The van der Waals surface area contributed by atoms with Crippen LogP contribution in [0.2, 0.25) is 0 Å². The van der Waals surface area contributed by atoms with Gasteiger partial charge in [-0.25, -0.2) is 0 Å². The van der Waals surface area contributed by atoms with E-state index in [0.717, 1.165) is 18.1 Å². The van der Waals surface area contributed by atoms with Crippen molar-refractivity contribution in [2.45, 2.75) is 62.7 Å². The van der Waals surface area contributed by atoms with Gasteiger partial charge in [-0.3, -0.25) is 4.90 Å². The predicted octanol–water partition coefficient (Wildman–Crippen LogP) is 1.10. The van der Waals surface area contributed by atoms with E-state index in [-0.39, 0.29) is 0 Å². The van der Waals surface area contributed by atoms with E-state index in [1.54, 1.807) is 0 Å². The molecule has 3 fully saturated rings. The van der Waals surface area contributed by atoms with E-state index in [9.17, 15) is 0 Å². The van der Waals surface area contributed by atoms with Crippen molar-refractivity contribution < 1.29 is 0 Å². The second-order valence-corrected chi connectivity index (χ2v) is 4.79. The summed E-state index contributed by atoms with van der Waals surface area (Å²) in [4.78, 5) is 2.80. The lowest BCUT2D eigenvalue weighted by Crippen LogP contribution is -2.52. The summed E-state index contributed by atoms with van der Waals surface area (Å²) in [5, 5.41) is 0. The Morgan fingerprint density at radius 3 is 1.75 bits per heavy atom. The summed E-state index contributed by atoms with van der Waals surface area (Å²) < 4.78 is 0. The Morgan fingerprint density at radius 2 is 1.33 bits per heavy atom. The first-order valence-corrected chi connectivity index (χ1v) is 5.37. The fourth-order valence-electron chi connectivity index (χ4n) is 3.42. The standard InChI is InChI=1S/C10H18N2/c11-7-5-10(6-7)12-8-1-2-9(12)4-3-8/h7-10H,1-6,11H2. The van der Waals surface area contributed by atoms with Crippen molar-refractivity contribution in [3.8, 4) is 0 Å². The van der Waals surface area contributed by atoms with Gasteiger partial charge in [-0.05, 0) is 38.5 Å². The molecule has 2 aliphatic heterocycles. The number of hydrogen-bond acceptors (Lipinski definition) is 2. The minimum Gasteiger partial charge on any atom is -0.328 e. The van der Waals surface area contributed by atoms with Crippen LogP contribution >= 0.6 is 0 Å². The molecule has 2 N–H and O–H groups in total. The van der Waals surface area contributed by atoms with E-state index in [2.05, 4.69) is 4.90 Å². The molecule has 0 amide bonds. The van der Waals surface area contributed by atoms with Gasteiger partial charge in [0.1, 0.15) is 0 Å². The van der Waals surface area contributed by atoms with Gasteiger partial charge in [0.05, 0.1) is 0 Å². The Kier molecular flexibility index (Phi) is 1.50. The molecule has 2 saturated heterocycles. The van der Waals surface area contributed by atoms with Gasteiger partial charge in [0.2, 0.25) is 0 Å². The maximum absolute atomic E-state index is 5.82. The molecule has 2 nitrogen and oxygen atoms in total. The Morgan fingerprint density at radius 1 is 0.833 bits per heavy atom. The van der Waals surface area contributed by atoms with Gasteiger partial charge >= 0.3 is 0 Å². The number of fused-ring (bicyclic) bond motifs is 2. The summed E-state index contributed by atoms with van der Waals surface area (Å²) in [6.45, 7) is 0. The quantitative estimate of drug-likeness (QED) is 0.632. The molecule has 0 aromatic rings. The lowest BCUT2D eigenvalue weighted by Gasteiger charge is -2.42. The number of rotatable bonds is 1. The Bertz CT molecular complexity index is 166. The van der Waals surface area contributed by atoms with Crippen LogP contribution in [0.15, 0.2) is 0 Å². The van der Waals surface area contributed by atoms with Crippen molar-refractivity contribution >= 4 is 0 Å². The Balaban J connectivity index is 1.69. The third kappa shape index (κ3) is 0.882. The predicted molar refractivity (Wildman–Crippen MR) is 48.9 cm³/mol.